The number of hydrogen-bond donors (Lipinski definition) is 0. The number of carbonyl (C=O) groups is 1. The van der Waals surface area contributed by atoms with E-state index in [-0.39, 0.29) is 11.2 Å². The van der Waals surface area contributed by atoms with Gasteiger partial charge in [-0.15, -0.1) is 0 Å². The molecule has 0 atom stereocenters. The Morgan fingerprint density at radius 2 is 1.93 bits per heavy atom. The number of ether oxygens (including phenoxy) is 1. The number of unbranched alkanes of at least 4 members (excludes halogenated alkanes) is 1. The molecule has 0 fully saturated rings. The lowest BCUT2D eigenvalue weighted by molar-refractivity contribution is -0.141. The minimum atomic E-state index is -0.669. The van der Waals surface area contributed by atoms with Crippen LogP contribution in [0.5, 0.6) is 0 Å². The average molecular weight is 388 g/mol. The van der Waals surface area contributed by atoms with Crippen LogP contribution < -0.4 is 11.2 Å². The highest BCUT2D eigenvalue weighted by molar-refractivity contribution is 5.74. The first-order valence-corrected chi connectivity index (χ1v) is 9.10. The lowest BCUT2D eigenvalue weighted by Gasteiger charge is -2.10. The summed E-state index contributed by atoms with van der Waals surface area (Å²) < 4.78 is 10.2. The van der Waals surface area contributed by atoms with Crippen LogP contribution in [0.3, 0.4) is 0 Å². The predicted octanol–water partition coefficient (Wildman–Crippen LogP) is 0.672. The minimum absolute atomic E-state index is 0.259. The standard InChI is InChI=1S/C18H24N6O4/c1-6-7-8-22-14-15(19-17(22)24-12(3)9-11(2)20-24)21(4)18(27)23(16(14)26)10-13(25)28-5/h9H,6-8,10H2,1-5H3. The Hall–Kier alpha value is -3.17. The van der Waals surface area contributed by atoms with E-state index in [4.69, 9.17) is 0 Å². The van der Waals surface area contributed by atoms with Crippen LogP contribution >= 0.6 is 0 Å². The molecule has 0 aromatic carbocycles. The first-order valence-electron chi connectivity index (χ1n) is 9.10. The van der Waals surface area contributed by atoms with Crippen LogP contribution in [0.4, 0.5) is 0 Å². The molecule has 10 nitrogen and oxygen atoms in total. The predicted molar refractivity (Wildman–Crippen MR) is 103 cm³/mol. The maximum absolute atomic E-state index is 13.1. The molecular weight excluding hydrogens is 364 g/mol. The number of methoxy groups -OCH3 is 1. The van der Waals surface area contributed by atoms with E-state index in [0.717, 1.165) is 28.8 Å². The summed E-state index contributed by atoms with van der Waals surface area (Å²) in [6, 6.07) is 1.91. The molecule has 0 aliphatic rings. The van der Waals surface area contributed by atoms with Crippen molar-refractivity contribution in [3.05, 3.63) is 38.3 Å². The number of imidazole rings is 1. The zero-order valence-electron chi connectivity index (χ0n) is 16.7. The molecule has 0 bridgehead atoms. The first-order chi connectivity index (χ1) is 13.3. The molecule has 0 aliphatic heterocycles. The first kappa shape index (κ1) is 19.6. The second-order valence-electron chi connectivity index (χ2n) is 6.74. The Morgan fingerprint density at radius 1 is 1.21 bits per heavy atom. The largest absolute Gasteiger partial charge is 0.468 e. The van der Waals surface area contributed by atoms with E-state index in [1.807, 2.05) is 26.8 Å². The molecule has 0 saturated heterocycles. The lowest BCUT2D eigenvalue weighted by atomic mass is 10.3. The van der Waals surface area contributed by atoms with Gasteiger partial charge in [-0.3, -0.25) is 14.2 Å². The van der Waals surface area contributed by atoms with Crippen LogP contribution in [0.25, 0.3) is 17.1 Å². The second kappa shape index (κ2) is 7.45. The Balaban J connectivity index is 2.38. The highest BCUT2D eigenvalue weighted by atomic mass is 16.5. The van der Waals surface area contributed by atoms with Crippen molar-refractivity contribution >= 4 is 17.1 Å². The van der Waals surface area contributed by atoms with Gasteiger partial charge < -0.3 is 9.30 Å². The summed E-state index contributed by atoms with van der Waals surface area (Å²) in [4.78, 5) is 42.0. The molecule has 0 unspecified atom stereocenters. The van der Waals surface area contributed by atoms with E-state index in [1.165, 1.54) is 18.7 Å². The van der Waals surface area contributed by atoms with E-state index in [1.54, 1.807) is 9.25 Å². The van der Waals surface area contributed by atoms with Crippen molar-refractivity contribution in [2.45, 2.75) is 46.7 Å². The molecule has 28 heavy (non-hydrogen) atoms. The smallest absolute Gasteiger partial charge is 0.333 e. The zero-order valence-corrected chi connectivity index (χ0v) is 16.7. The summed E-state index contributed by atoms with van der Waals surface area (Å²) in [7, 11) is 2.74. The maximum Gasteiger partial charge on any atom is 0.333 e. The van der Waals surface area contributed by atoms with Crippen molar-refractivity contribution in [1.29, 1.82) is 0 Å². The molecule has 0 aliphatic carbocycles. The number of aromatic nitrogens is 6. The van der Waals surface area contributed by atoms with Gasteiger partial charge in [0.05, 0.1) is 12.8 Å². The number of aryl methyl sites for hydroxylation is 4. The van der Waals surface area contributed by atoms with Crippen LogP contribution in [-0.4, -0.2) is 41.5 Å². The molecule has 3 aromatic rings. The van der Waals surface area contributed by atoms with Gasteiger partial charge in [-0.25, -0.2) is 14.0 Å². The van der Waals surface area contributed by atoms with Gasteiger partial charge in [-0.1, -0.05) is 13.3 Å². The third kappa shape index (κ3) is 3.14. The summed E-state index contributed by atoms with van der Waals surface area (Å²) in [6.45, 7) is 5.91. The summed E-state index contributed by atoms with van der Waals surface area (Å²) in [5.41, 5.74) is 1.02. The van der Waals surface area contributed by atoms with Crippen molar-refractivity contribution in [3.8, 4) is 5.95 Å². The zero-order chi connectivity index (χ0) is 20.6. The second-order valence-corrected chi connectivity index (χ2v) is 6.74. The van der Waals surface area contributed by atoms with Crippen molar-refractivity contribution in [1.82, 2.24) is 28.5 Å². The highest BCUT2D eigenvalue weighted by Gasteiger charge is 2.23. The fourth-order valence-electron chi connectivity index (χ4n) is 3.21. The van der Waals surface area contributed by atoms with E-state index < -0.39 is 23.8 Å². The van der Waals surface area contributed by atoms with E-state index in [9.17, 15) is 14.4 Å². The molecule has 3 heterocycles. The van der Waals surface area contributed by atoms with Crippen molar-refractivity contribution in [2.24, 2.45) is 7.05 Å². The molecule has 3 aromatic heterocycles. The Kier molecular flexibility index (Phi) is 5.21. The van der Waals surface area contributed by atoms with Gasteiger partial charge in [-0.2, -0.15) is 10.1 Å². The van der Waals surface area contributed by atoms with Crippen molar-refractivity contribution in [3.63, 3.8) is 0 Å². The van der Waals surface area contributed by atoms with Gasteiger partial charge in [0.1, 0.15) is 6.54 Å². The topological polar surface area (TPSA) is 106 Å². The van der Waals surface area contributed by atoms with Gasteiger partial charge in [0.25, 0.3) is 5.56 Å². The van der Waals surface area contributed by atoms with Gasteiger partial charge in [0.2, 0.25) is 5.95 Å². The third-order valence-corrected chi connectivity index (χ3v) is 4.66. The molecule has 0 amide bonds. The van der Waals surface area contributed by atoms with Crippen LogP contribution in [-0.2, 0) is 29.7 Å². The van der Waals surface area contributed by atoms with Crippen LogP contribution in [0.2, 0.25) is 0 Å². The number of esters is 1. The number of nitrogens with zero attached hydrogens (tertiary/aromatic N) is 6. The highest BCUT2D eigenvalue weighted by Crippen LogP contribution is 2.18. The number of fused-ring (bicyclic) bond motifs is 1. The number of rotatable bonds is 6. The van der Waals surface area contributed by atoms with E-state index >= 15 is 0 Å². The van der Waals surface area contributed by atoms with E-state index in [0.29, 0.717) is 12.5 Å². The minimum Gasteiger partial charge on any atom is -0.468 e. The summed E-state index contributed by atoms with van der Waals surface area (Å²) >= 11 is 0. The Morgan fingerprint density at radius 3 is 2.50 bits per heavy atom. The molecule has 0 saturated carbocycles. The van der Waals surface area contributed by atoms with Gasteiger partial charge in [-0.05, 0) is 26.3 Å². The van der Waals surface area contributed by atoms with Crippen LogP contribution in [0.1, 0.15) is 31.2 Å². The fraction of sp³-hybridized carbons (Fsp3) is 0.500. The Labute approximate surface area is 161 Å². The maximum atomic E-state index is 13.1. The van der Waals surface area contributed by atoms with Crippen molar-refractivity contribution < 1.29 is 9.53 Å². The average Bonchev–Trinajstić information content (AvgIpc) is 3.20. The lowest BCUT2D eigenvalue weighted by Crippen LogP contribution is -2.41. The number of carbonyl (C=O) groups excluding carboxylic acids is 1. The quantitative estimate of drug-likeness (QED) is 0.575. The van der Waals surface area contributed by atoms with Crippen molar-refractivity contribution in [2.75, 3.05) is 7.11 Å². The summed E-state index contributed by atoms with van der Waals surface area (Å²) in [6.07, 6.45) is 1.73. The Bertz CT molecular complexity index is 1160. The molecule has 3 rings (SSSR count). The van der Waals surface area contributed by atoms with Crippen LogP contribution in [0.15, 0.2) is 15.7 Å². The van der Waals surface area contributed by atoms with Crippen LogP contribution in [0, 0.1) is 13.8 Å². The molecule has 10 heteroatoms. The molecular formula is C18H24N6O4. The van der Waals surface area contributed by atoms with Gasteiger partial charge in [0.15, 0.2) is 11.2 Å². The summed E-state index contributed by atoms with van der Waals surface area (Å²) in [5.74, 6) is -0.200. The third-order valence-electron chi connectivity index (χ3n) is 4.66. The monoisotopic (exact) mass is 388 g/mol. The normalized spacial score (nSPS) is 11.3. The number of hydrogen-bond acceptors (Lipinski definition) is 6. The summed E-state index contributed by atoms with van der Waals surface area (Å²) in [5, 5.41) is 4.47. The van der Waals surface area contributed by atoms with Gasteiger partial charge in [0, 0.05) is 19.3 Å². The van der Waals surface area contributed by atoms with Gasteiger partial charge >= 0.3 is 11.7 Å². The molecule has 0 N–H and O–H groups in total. The SMILES string of the molecule is CCCCn1c(-n2nc(C)cc2C)nc2c1c(=O)n(CC(=O)OC)c(=O)n2C. The van der Waals surface area contributed by atoms with E-state index in [2.05, 4.69) is 14.8 Å². The molecule has 150 valence electrons. The fourth-order valence-corrected chi connectivity index (χ4v) is 3.21. The molecule has 0 spiro atoms. The molecule has 0 radical (unpaired) electrons.